The maximum absolute atomic E-state index is 14.2. The molecule has 0 aliphatic heterocycles. The molecule has 5 nitrogen and oxygen atoms in total. The fourth-order valence-electron chi connectivity index (χ4n) is 4.98. The monoisotopic (exact) mass is 518 g/mol. The molecule has 1 aliphatic carbocycles. The smallest absolute Gasteiger partial charge is 0.343 e. The third kappa shape index (κ3) is 6.31. The van der Waals surface area contributed by atoms with E-state index < -0.39 is 29.8 Å². The molecule has 0 amide bonds. The van der Waals surface area contributed by atoms with E-state index in [0.29, 0.717) is 24.9 Å². The van der Waals surface area contributed by atoms with E-state index in [0.717, 1.165) is 12.4 Å². The van der Waals surface area contributed by atoms with Crippen LogP contribution in [0.15, 0.2) is 73.1 Å². The molecule has 36 heavy (non-hydrogen) atoms. The van der Waals surface area contributed by atoms with Gasteiger partial charge in [0.05, 0.1) is 13.2 Å². The molecule has 1 aliphatic rings. The van der Waals surface area contributed by atoms with E-state index in [2.05, 4.69) is 21.3 Å². The van der Waals surface area contributed by atoms with E-state index in [1.807, 2.05) is 37.5 Å². The molecule has 2 aromatic carbocycles. The minimum atomic E-state index is -2.90. The number of ether oxygens (including phenoxy) is 1. The van der Waals surface area contributed by atoms with Gasteiger partial charge in [-0.2, -0.15) is 0 Å². The van der Waals surface area contributed by atoms with Crippen LogP contribution in [0.1, 0.15) is 49.1 Å². The van der Waals surface area contributed by atoms with Crippen molar-refractivity contribution in [2.45, 2.75) is 63.6 Å². The number of hydrogen-bond donors (Lipinski definition) is 1. The molecular formula is C28H33ClF2N2O3. The molecule has 4 rings (SSSR count). The molecule has 1 aromatic heterocycles. The topological polar surface area (TPSA) is 55.3 Å². The molecular weight excluding hydrogens is 486 g/mol. The molecule has 194 valence electrons. The number of benzene rings is 2. The van der Waals surface area contributed by atoms with Crippen molar-refractivity contribution in [3.63, 3.8) is 0 Å². The van der Waals surface area contributed by atoms with Crippen molar-refractivity contribution in [3.05, 3.63) is 90.0 Å². The predicted molar refractivity (Wildman–Crippen MR) is 128 cm³/mol. The highest BCUT2D eigenvalue weighted by atomic mass is 35.5. The summed E-state index contributed by atoms with van der Waals surface area (Å²) in [6, 6.07) is 18.5. The lowest BCUT2D eigenvalue weighted by molar-refractivity contribution is -0.694. The summed E-state index contributed by atoms with van der Waals surface area (Å²) in [5.41, 5.74) is -0.579. The molecule has 2 atom stereocenters. The molecule has 8 heteroatoms. The lowest BCUT2D eigenvalue weighted by Gasteiger charge is -2.39. The number of hydrogen-bond acceptors (Lipinski definition) is 3. The molecule has 0 unspecified atom stereocenters. The molecule has 1 fully saturated rings. The number of rotatable bonds is 9. The zero-order valence-corrected chi connectivity index (χ0v) is 21.2. The Bertz CT molecular complexity index is 1120. The molecule has 1 heterocycles. The highest BCUT2D eigenvalue weighted by Gasteiger charge is 2.52. The van der Waals surface area contributed by atoms with Gasteiger partial charge in [-0.05, 0) is 24.0 Å². The average molecular weight is 519 g/mol. The lowest BCUT2D eigenvalue weighted by atomic mass is 9.72. The van der Waals surface area contributed by atoms with Gasteiger partial charge in [-0.3, -0.25) is 0 Å². The SMILES string of the molecule is Cc1n(CCCOC(=O)[C@](O)(c2ccccc2)[C@@H]2CCCC(F)(F)C2)cc[n+]1Cc1ccccc1.[Cl-]. The minimum Gasteiger partial charge on any atom is -1.00 e. The van der Waals surface area contributed by atoms with Crippen LogP contribution in [0.3, 0.4) is 0 Å². The van der Waals surface area contributed by atoms with Crippen molar-refractivity contribution in [2.24, 2.45) is 5.92 Å². The first-order valence-corrected chi connectivity index (χ1v) is 12.2. The van der Waals surface area contributed by atoms with Gasteiger partial charge in [0.15, 0.2) is 5.60 Å². The van der Waals surface area contributed by atoms with Gasteiger partial charge < -0.3 is 22.3 Å². The summed E-state index contributed by atoms with van der Waals surface area (Å²) in [5, 5.41) is 11.5. The van der Waals surface area contributed by atoms with E-state index in [1.165, 1.54) is 5.56 Å². The van der Waals surface area contributed by atoms with Crippen molar-refractivity contribution < 1.29 is 40.4 Å². The van der Waals surface area contributed by atoms with Gasteiger partial charge in [0.1, 0.15) is 18.9 Å². The summed E-state index contributed by atoms with van der Waals surface area (Å²) in [4.78, 5) is 13.1. The lowest BCUT2D eigenvalue weighted by Crippen LogP contribution is -3.00. The van der Waals surface area contributed by atoms with Crippen LogP contribution in [0.4, 0.5) is 8.78 Å². The largest absolute Gasteiger partial charge is 1.00 e. The highest BCUT2D eigenvalue weighted by molar-refractivity contribution is 5.81. The number of alkyl halides is 2. The van der Waals surface area contributed by atoms with Crippen molar-refractivity contribution in [1.82, 2.24) is 4.57 Å². The summed E-state index contributed by atoms with van der Waals surface area (Å²) in [7, 11) is 0. The number of halogens is 3. The standard InChI is InChI=1S/C28H33F2N2O3.ClH/c1-22-31(17-18-32(22)21-23-10-4-2-5-11-23)16-9-19-35-26(33)28(34,24-12-6-3-7-13-24)25-14-8-15-27(29,30)20-25;/h2-7,10-13,17-18,25,34H,8-9,14-16,19-21H2,1H3;1H/q+1;/p-1/t25-,28+;/m1./s1. The van der Waals surface area contributed by atoms with Gasteiger partial charge in [0.25, 0.3) is 5.82 Å². The summed E-state index contributed by atoms with van der Waals surface area (Å²) in [5.74, 6) is -3.57. The third-order valence-corrected chi connectivity index (χ3v) is 6.99. The maximum Gasteiger partial charge on any atom is 0.343 e. The summed E-state index contributed by atoms with van der Waals surface area (Å²) >= 11 is 0. The normalized spacial score (nSPS) is 18.6. The number of esters is 1. The second-order valence-corrected chi connectivity index (χ2v) is 9.42. The predicted octanol–water partition coefficient (Wildman–Crippen LogP) is 1.78. The number of aryl methyl sites for hydroxylation is 1. The number of imidazole rings is 1. The Morgan fingerprint density at radius 3 is 2.50 bits per heavy atom. The van der Waals surface area contributed by atoms with Crippen LogP contribution < -0.4 is 17.0 Å². The number of nitrogens with zero attached hydrogens (tertiary/aromatic N) is 2. The van der Waals surface area contributed by atoms with Gasteiger partial charge in [-0.1, -0.05) is 60.7 Å². The molecule has 1 saturated carbocycles. The van der Waals surface area contributed by atoms with E-state index >= 15 is 0 Å². The van der Waals surface area contributed by atoms with Crippen LogP contribution in [0.2, 0.25) is 0 Å². The van der Waals surface area contributed by atoms with Crippen LogP contribution >= 0.6 is 0 Å². The Hall–Kier alpha value is -2.77. The van der Waals surface area contributed by atoms with Gasteiger partial charge >= 0.3 is 5.97 Å². The van der Waals surface area contributed by atoms with E-state index in [-0.39, 0.29) is 31.9 Å². The molecule has 0 bridgehead atoms. The van der Waals surface area contributed by atoms with Crippen LogP contribution in [-0.4, -0.2) is 28.2 Å². The third-order valence-electron chi connectivity index (χ3n) is 6.99. The first-order chi connectivity index (χ1) is 16.8. The highest BCUT2D eigenvalue weighted by Crippen LogP contribution is 2.45. The molecule has 0 radical (unpaired) electrons. The van der Waals surface area contributed by atoms with E-state index in [4.69, 9.17) is 4.74 Å². The Kier molecular flexibility index (Phi) is 9.25. The number of carbonyl (C=O) groups is 1. The fraction of sp³-hybridized carbons (Fsp3) is 0.429. The van der Waals surface area contributed by atoms with Gasteiger partial charge in [0.2, 0.25) is 5.92 Å². The Morgan fingerprint density at radius 2 is 1.83 bits per heavy atom. The van der Waals surface area contributed by atoms with Crippen LogP contribution in [0, 0.1) is 12.8 Å². The summed E-state index contributed by atoms with van der Waals surface area (Å²) in [6.07, 6.45) is 4.41. The van der Waals surface area contributed by atoms with Crippen molar-refractivity contribution in [3.8, 4) is 0 Å². The molecule has 1 N–H and O–H groups in total. The van der Waals surface area contributed by atoms with Crippen LogP contribution in [0.5, 0.6) is 0 Å². The second-order valence-electron chi connectivity index (χ2n) is 9.42. The fourth-order valence-corrected chi connectivity index (χ4v) is 4.98. The minimum absolute atomic E-state index is 0. The summed E-state index contributed by atoms with van der Waals surface area (Å²) < 4.78 is 38.1. The maximum atomic E-state index is 14.2. The first kappa shape index (κ1) is 27.8. The number of aromatic nitrogens is 2. The van der Waals surface area contributed by atoms with Gasteiger partial charge in [-0.25, -0.2) is 22.7 Å². The summed E-state index contributed by atoms with van der Waals surface area (Å²) in [6.45, 7) is 3.52. The Labute approximate surface area is 217 Å². The Balaban J connectivity index is 0.00000361. The van der Waals surface area contributed by atoms with Crippen LogP contribution in [-0.2, 0) is 28.2 Å². The quantitative estimate of drug-likeness (QED) is 0.267. The number of carbonyl (C=O) groups excluding carboxylic acids is 1. The Morgan fingerprint density at radius 1 is 1.17 bits per heavy atom. The van der Waals surface area contributed by atoms with Crippen LogP contribution in [0.25, 0.3) is 0 Å². The van der Waals surface area contributed by atoms with Crippen molar-refractivity contribution in [1.29, 1.82) is 0 Å². The van der Waals surface area contributed by atoms with E-state index in [9.17, 15) is 18.7 Å². The average Bonchev–Trinajstić information content (AvgIpc) is 3.20. The number of aliphatic hydroxyl groups is 1. The van der Waals surface area contributed by atoms with Gasteiger partial charge in [0, 0.05) is 32.1 Å². The van der Waals surface area contributed by atoms with Gasteiger partial charge in [-0.15, -0.1) is 0 Å². The molecule has 0 saturated heterocycles. The molecule has 0 spiro atoms. The first-order valence-electron chi connectivity index (χ1n) is 12.2. The zero-order valence-electron chi connectivity index (χ0n) is 20.5. The zero-order chi connectivity index (χ0) is 24.9. The molecule has 3 aromatic rings. The second kappa shape index (κ2) is 12.0. The van der Waals surface area contributed by atoms with Crippen molar-refractivity contribution >= 4 is 5.97 Å². The van der Waals surface area contributed by atoms with Crippen molar-refractivity contribution in [2.75, 3.05) is 6.61 Å². The van der Waals surface area contributed by atoms with E-state index in [1.54, 1.807) is 30.3 Å².